The standard InChI is InChI=1S/C20H20F2N2O2/c21-15-10-16(22)18-17(11-15)23-13-20(18)6-8-24(9-7-20)19(25)26-12-14-4-2-1-3-5-14/h1-5,10-11,23H,6-9,12-13H2. The van der Waals surface area contributed by atoms with Crippen LogP contribution < -0.4 is 5.32 Å². The zero-order chi connectivity index (χ0) is 18.1. The Balaban J connectivity index is 1.40. The van der Waals surface area contributed by atoms with Crippen molar-refractivity contribution < 1.29 is 18.3 Å². The summed E-state index contributed by atoms with van der Waals surface area (Å²) < 4.78 is 33.2. The third kappa shape index (κ3) is 3.00. The molecule has 136 valence electrons. The van der Waals surface area contributed by atoms with Crippen LogP contribution in [0.25, 0.3) is 0 Å². The number of amides is 1. The number of ether oxygens (including phenoxy) is 1. The molecular formula is C20H20F2N2O2. The highest BCUT2D eigenvalue weighted by Gasteiger charge is 2.44. The molecule has 0 radical (unpaired) electrons. The topological polar surface area (TPSA) is 41.6 Å². The normalized spacial score (nSPS) is 17.7. The maximum absolute atomic E-state index is 14.4. The van der Waals surface area contributed by atoms with E-state index in [0.717, 1.165) is 11.6 Å². The lowest BCUT2D eigenvalue weighted by molar-refractivity contribution is 0.0790. The van der Waals surface area contributed by atoms with Gasteiger partial charge in [-0.05, 0) is 24.5 Å². The highest BCUT2D eigenvalue weighted by Crippen LogP contribution is 2.45. The van der Waals surface area contributed by atoms with E-state index < -0.39 is 11.6 Å². The van der Waals surface area contributed by atoms with Gasteiger partial charge in [0.1, 0.15) is 18.2 Å². The van der Waals surface area contributed by atoms with Crippen molar-refractivity contribution in [2.24, 2.45) is 0 Å². The summed E-state index contributed by atoms with van der Waals surface area (Å²) in [5.41, 5.74) is 1.63. The number of benzene rings is 2. The molecule has 2 heterocycles. The Bertz CT molecular complexity index is 818. The first-order valence-electron chi connectivity index (χ1n) is 8.76. The minimum Gasteiger partial charge on any atom is -0.445 e. The van der Waals surface area contributed by atoms with E-state index in [9.17, 15) is 13.6 Å². The summed E-state index contributed by atoms with van der Waals surface area (Å²) in [4.78, 5) is 14.0. The monoisotopic (exact) mass is 358 g/mol. The molecular weight excluding hydrogens is 338 g/mol. The van der Waals surface area contributed by atoms with Crippen molar-refractivity contribution in [3.05, 3.63) is 65.2 Å². The van der Waals surface area contributed by atoms with Crippen molar-refractivity contribution >= 4 is 11.8 Å². The summed E-state index contributed by atoms with van der Waals surface area (Å²) in [5, 5.41) is 3.12. The van der Waals surface area contributed by atoms with Gasteiger partial charge in [-0.1, -0.05) is 30.3 Å². The second-order valence-corrected chi connectivity index (χ2v) is 6.97. The van der Waals surface area contributed by atoms with E-state index in [2.05, 4.69) is 5.32 Å². The lowest BCUT2D eigenvalue weighted by Crippen LogP contribution is -2.46. The molecule has 26 heavy (non-hydrogen) atoms. The van der Waals surface area contributed by atoms with Crippen LogP contribution in [-0.4, -0.2) is 30.6 Å². The minimum atomic E-state index is -0.576. The second kappa shape index (κ2) is 6.59. The summed E-state index contributed by atoms with van der Waals surface area (Å²) in [5.74, 6) is -1.09. The first-order valence-corrected chi connectivity index (χ1v) is 8.76. The fraction of sp³-hybridized carbons (Fsp3) is 0.350. The quantitative estimate of drug-likeness (QED) is 0.880. The summed E-state index contributed by atoms with van der Waals surface area (Å²) in [6.45, 7) is 1.78. The molecule has 1 N–H and O–H groups in total. The van der Waals surface area contributed by atoms with Gasteiger partial charge in [-0.25, -0.2) is 13.6 Å². The van der Waals surface area contributed by atoms with Crippen LogP contribution in [0.15, 0.2) is 42.5 Å². The average Bonchev–Trinajstić information content (AvgIpc) is 2.99. The van der Waals surface area contributed by atoms with Crippen molar-refractivity contribution in [3.8, 4) is 0 Å². The first kappa shape index (κ1) is 16.8. The Hall–Kier alpha value is -2.63. The summed E-state index contributed by atoms with van der Waals surface area (Å²) in [6, 6.07) is 11.8. The minimum absolute atomic E-state index is 0.236. The number of likely N-dealkylation sites (tertiary alicyclic amines) is 1. The van der Waals surface area contributed by atoms with Gasteiger partial charge in [0.05, 0.1) is 0 Å². The van der Waals surface area contributed by atoms with Crippen molar-refractivity contribution in [3.63, 3.8) is 0 Å². The summed E-state index contributed by atoms with van der Waals surface area (Å²) in [6.07, 6.45) is 0.890. The zero-order valence-electron chi connectivity index (χ0n) is 14.3. The van der Waals surface area contributed by atoms with Gasteiger partial charge < -0.3 is 15.0 Å². The third-order valence-electron chi connectivity index (χ3n) is 5.39. The molecule has 0 atom stereocenters. The molecule has 0 unspecified atom stereocenters. The summed E-state index contributed by atoms with van der Waals surface area (Å²) in [7, 11) is 0. The number of piperidine rings is 1. The largest absolute Gasteiger partial charge is 0.445 e. The van der Waals surface area contributed by atoms with Gasteiger partial charge in [0, 0.05) is 42.4 Å². The molecule has 0 bridgehead atoms. The van der Waals surface area contributed by atoms with E-state index in [1.807, 2.05) is 30.3 Å². The number of nitrogens with zero attached hydrogens (tertiary/aromatic N) is 1. The van der Waals surface area contributed by atoms with Gasteiger partial charge in [-0.2, -0.15) is 0 Å². The van der Waals surface area contributed by atoms with Crippen molar-refractivity contribution in [2.75, 3.05) is 25.0 Å². The Morgan fingerprint density at radius 1 is 1.15 bits per heavy atom. The number of fused-ring (bicyclic) bond motifs is 2. The molecule has 1 saturated heterocycles. The third-order valence-corrected chi connectivity index (χ3v) is 5.39. The van der Waals surface area contributed by atoms with Gasteiger partial charge in [0.25, 0.3) is 0 Å². The second-order valence-electron chi connectivity index (χ2n) is 6.97. The molecule has 2 aromatic carbocycles. The number of rotatable bonds is 2. The number of anilines is 1. The lowest BCUT2D eigenvalue weighted by atomic mass is 9.74. The van der Waals surface area contributed by atoms with Gasteiger partial charge in [0.2, 0.25) is 0 Å². The van der Waals surface area contributed by atoms with Crippen LogP contribution in [0.4, 0.5) is 19.3 Å². The molecule has 6 heteroatoms. The number of hydrogen-bond donors (Lipinski definition) is 1. The first-order chi connectivity index (χ1) is 12.6. The van der Waals surface area contributed by atoms with E-state index in [4.69, 9.17) is 4.74 Å². The predicted molar refractivity (Wildman–Crippen MR) is 94.0 cm³/mol. The van der Waals surface area contributed by atoms with E-state index in [-0.39, 0.29) is 18.1 Å². The van der Waals surface area contributed by atoms with Crippen molar-refractivity contribution in [2.45, 2.75) is 24.9 Å². The fourth-order valence-corrected chi connectivity index (χ4v) is 3.96. The van der Waals surface area contributed by atoms with Crippen molar-refractivity contribution in [1.82, 2.24) is 4.90 Å². The van der Waals surface area contributed by atoms with Crippen LogP contribution in [0.2, 0.25) is 0 Å². The van der Waals surface area contributed by atoms with Crippen LogP contribution >= 0.6 is 0 Å². The predicted octanol–water partition coefficient (Wildman–Crippen LogP) is 4.06. The number of halogens is 2. The van der Waals surface area contributed by atoms with Crippen LogP contribution in [-0.2, 0) is 16.8 Å². The Labute approximate surface area is 150 Å². The van der Waals surface area contributed by atoms with E-state index in [1.165, 1.54) is 6.07 Å². The van der Waals surface area contributed by atoms with Gasteiger partial charge >= 0.3 is 6.09 Å². The van der Waals surface area contributed by atoms with E-state index in [1.54, 1.807) is 4.90 Å². The average molecular weight is 358 g/mol. The highest BCUT2D eigenvalue weighted by atomic mass is 19.1. The maximum atomic E-state index is 14.4. The molecule has 1 fully saturated rings. The SMILES string of the molecule is O=C(OCc1ccccc1)N1CCC2(CC1)CNc1cc(F)cc(F)c12. The molecule has 4 rings (SSSR count). The van der Waals surface area contributed by atoms with Crippen LogP contribution in [0, 0.1) is 11.6 Å². The Morgan fingerprint density at radius 3 is 2.62 bits per heavy atom. The fourth-order valence-electron chi connectivity index (χ4n) is 3.96. The number of carbonyl (C=O) groups excluding carboxylic acids is 1. The van der Waals surface area contributed by atoms with Gasteiger partial charge in [-0.15, -0.1) is 0 Å². The van der Waals surface area contributed by atoms with Gasteiger partial charge in [-0.3, -0.25) is 0 Å². The van der Waals surface area contributed by atoms with Gasteiger partial charge in [0.15, 0.2) is 0 Å². The number of nitrogens with one attached hydrogen (secondary N) is 1. The molecule has 0 saturated carbocycles. The smallest absolute Gasteiger partial charge is 0.410 e. The Morgan fingerprint density at radius 2 is 1.88 bits per heavy atom. The zero-order valence-corrected chi connectivity index (χ0v) is 14.3. The van der Waals surface area contributed by atoms with Crippen LogP contribution in [0.1, 0.15) is 24.0 Å². The summed E-state index contributed by atoms with van der Waals surface area (Å²) >= 11 is 0. The van der Waals surface area contributed by atoms with E-state index in [0.29, 0.717) is 43.7 Å². The molecule has 1 spiro atoms. The molecule has 2 aliphatic rings. The van der Waals surface area contributed by atoms with E-state index >= 15 is 0 Å². The molecule has 0 aromatic heterocycles. The molecule has 2 aromatic rings. The van der Waals surface area contributed by atoms with Crippen LogP contribution in [0.3, 0.4) is 0 Å². The molecule has 0 aliphatic carbocycles. The van der Waals surface area contributed by atoms with Crippen LogP contribution in [0.5, 0.6) is 0 Å². The number of carbonyl (C=O) groups is 1. The number of hydrogen-bond acceptors (Lipinski definition) is 3. The molecule has 4 nitrogen and oxygen atoms in total. The van der Waals surface area contributed by atoms with Crippen molar-refractivity contribution in [1.29, 1.82) is 0 Å². The molecule has 1 amide bonds. The maximum Gasteiger partial charge on any atom is 0.410 e. The lowest BCUT2D eigenvalue weighted by Gasteiger charge is -2.38. The Kier molecular flexibility index (Phi) is 4.26. The molecule has 2 aliphatic heterocycles. The highest BCUT2D eigenvalue weighted by molar-refractivity contribution is 5.68.